The van der Waals surface area contributed by atoms with E-state index in [9.17, 15) is 4.79 Å². The third-order valence-corrected chi connectivity index (χ3v) is 4.85. The lowest BCUT2D eigenvalue weighted by Crippen LogP contribution is -2.39. The first kappa shape index (κ1) is 17.6. The highest BCUT2D eigenvalue weighted by Gasteiger charge is 2.27. The lowest BCUT2D eigenvalue weighted by Gasteiger charge is -2.24. The average Bonchev–Trinajstić information content (AvgIpc) is 3.32. The maximum atomic E-state index is 12.1. The molecule has 0 bridgehead atoms. The molecule has 3 heterocycles. The summed E-state index contributed by atoms with van der Waals surface area (Å²) in [5, 5.41) is 11.2. The zero-order chi connectivity index (χ0) is 17.8. The molecule has 0 aromatic carbocycles. The maximum Gasteiger partial charge on any atom is 0.234 e. The van der Waals surface area contributed by atoms with Crippen LogP contribution in [-0.2, 0) is 24.9 Å². The van der Waals surface area contributed by atoms with Gasteiger partial charge in [0.05, 0.1) is 25.9 Å². The number of nitrogens with zero attached hydrogens (tertiary/aromatic N) is 5. The number of likely N-dealkylation sites (tertiary alicyclic amines) is 1. The van der Waals surface area contributed by atoms with E-state index in [1.807, 2.05) is 30.7 Å². The summed E-state index contributed by atoms with van der Waals surface area (Å²) >= 11 is 0. The minimum Gasteiger partial charge on any atom is -0.467 e. The van der Waals surface area contributed by atoms with Gasteiger partial charge in [-0.15, -0.1) is 10.2 Å². The first-order chi connectivity index (χ1) is 12.0. The van der Waals surface area contributed by atoms with Crippen LogP contribution < -0.4 is 5.32 Å². The second-order valence-corrected chi connectivity index (χ2v) is 6.67. The number of carbonyl (C=O) groups excluding carboxylic acids is 1. The smallest absolute Gasteiger partial charge is 0.234 e. The van der Waals surface area contributed by atoms with Crippen molar-refractivity contribution in [2.24, 2.45) is 7.05 Å². The van der Waals surface area contributed by atoms with Crippen molar-refractivity contribution in [3.8, 4) is 0 Å². The van der Waals surface area contributed by atoms with Gasteiger partial charge in [0.1, 0.15) is 17.4 Å². The van der Waals surface area contributed by atoms with Gasteiger partial charge in [-0.05, 0) is 32.5 Å². The number of hydrogen-bond donors (Lipinski definition) is 1. The Labute approximate surface area is 147 Å². The van der Waals surface area contributed by atoms with Gasteiger partial charge in [-0.25, -0.2) is 0 Å². The normalized spacial score (nSPS) is 18.2. The molecule has 136 valence electrons. The van der Waals surface area contributed by atoms with Gasteiger partial charge in [-0.2, -0.15) is 0 Å². The van der Waals surface area contributed by atoms with Crippen LogP contribution in [0, 0.1) is 6.92 Å². The number of nitrogens with one attached hydrogen (secondary N) is 1. The van der Waals surface area contributed by atoms with Crippen LogP contribution in [0.1, 0.15) is 23.8 Å². The van der Waals surface area contributed by atoms with Gasteiger partial charge < -0.3 is 14.3 Å². The fraction of sp³-hybridized carbons (Fsp3) is 0.588. The van der Waals surface area contributed by atoms with Crippen molar-refractivity contribution in [3.63, 3.8) is 0 Å². The Morgan fingerprint density at radius 3 is 3.00 bits per heavy atom. The van der Waals surface area contributed by atoms with E-state index in [0.29, 0.717) is 19.1 Å². The van der Waals surface area contributed by atoms with Gasteiger partial charge in [0.15, 0.2) is 0 Å². The van der Waals surface area contributed by atoms with Crippen molar-refractivity contribution < 1.29 is 9.21 Å². The van der Waals surface area contributed by atoms with Gasteiger partial charge in [0, 0.05) is 26.2 Å². The zero-order valence-electron chi connectivity index (χ0n) is 15.1. The molecule has 25 heavy (non-hydrogen) atoms. The van der Waals surface area contributed by atoms with Gasteiger partial charge in [0.2, 0.25) is 5.91 Å². The number of likely N-dealkylation sites (N-methyl/N-ethyl adjacent to an activating group) is 1. The van der Waals surface area contributed by atoms with Crippen LogP contribution >= 0.6 is 0 Å². The molecule has 0 spiro atoms. The number of carbonyl (C=O) groups is 1. The first-order valence-electron chi connectivity index (χ1n) is 8.59. The second-order valence-electron chi connectivity index (χ2n) is 6.67. The van der Waals surface area contributed by atoms with E-state index < -0.39 is 0 Å². The van der Waals surface area contributed by atoms with E-state index in [-0.39, 0.29) is 5.91 Å². The molecule has 1 fully saturated rings. The Morgan fingerprint density at radius 1 is 1.48 bits per heavy atom. The summed E-state index contributed by atoms with van der Waals surface area (Å²) in [6.45, 7) is 5.40. The second kappa shape index (κ2) is 7.79. The summed E-state index contributed by atoms with van der Waals surface area (Å²) in [5.74, 6) is 2.69. The summed E-state index contributed by atoms with van der Waals surface area (Å²) < 4.78 is 7.24. The van der Waals surface area contributed by atoms with Gasteiger partial charge in [-0.3, -0.25) is 14.6 Å². The van der Waals surface area contributed by atoms with Crippen LogP contribution in [-0.4, -0.2) is 63.2 Å². The SMILES string of the molecule is Cc1nnc(CN(C)[C@@H]2CCN(CC(=O)NCc3ccco3)C2)n1C. The molecule has 1 amide bonds. The molecule has 0 aliphatic carbocycles. The molecule has 0 radical (unpaired) electrons. The molecule has 1 N–H and O–H groups in total. The number of aryl methyl sites for hydroxylation is 1. The molecule has 1 saturated heterocycles. The van der Waals surface area contributed by atoms with E-state index >= 15 is 0 Å². The predicted molar refractivity (Wildman–Crippen MR) is 92.6 cm³/mol. The fourth-order valence-corrected chi connectivity index (χ4v) is 3.11. The lowest BCUT2D eigenvalue weighted by atomic mass is 10.2. The minimum absolute atomic E-state index is 0.0311. The molecule has 8 heteroatoms. The maximum absolute atomic E-state index is 12.1. The van der Waals surface area contributed by atoms with Crippen molar-refractivity contribution in [2.45, 2.75) is 32.5 Å². The van der Waals surface area contributed by atoms with Crippen molar-refractivity contribution in [3.05, 3.63) is 35.8 Å². The van der Waals surface area contributed by atoms with Crippen LogP contribution in [0.2, 0.25) is 0 Å². The topological polar surface area (TPSA) is 79.4 Å². The highest BCUT2D eigenvalue weighted by molar-refractivity contribution is 5.77. The van der Waals surface area contributed by atoms with Crippen molar-refractivity contribution >= 4 is 5.91 Å². The van der Waals surface area contributed by atoms with Gasteiger partial charge >= 0.3 is 0 Å². The molecule has 3 rings (SSSR count). The number of amides is 1. The van der Waals surface area contributed by atoms with Gasteiger partial charge in [0.25, 0.3) is 0 Å². The number of hydrogen-bond acceptors (Lipinski definition) is 6. The first-order valence-corrected chi connectivity index (χ1v) is 8.59. The Hall–Kier alpha value is -2.19. The van der Waals surface area contributed by atoms with Crippen molar-refractivity contribution in [2.75, 3.05) is 26.7 Å². The minimum atomic E-state index is 0.0311. The molecular formula is C17H26N6O2. The monoisotopic (exact) mass is 346 g/mol. The van der Waals surface area contributed by atoms with Crippen molar-refractivity contribution in [1.29, 1.82) is 0 Å². The summed E-state index contributed by atoms with van der Waals surface area (Å²) in [7, 11) is 4.10. The Morgan fingerprint density at radius 2 is 2.32 bits per heavy atom. The van der Waals surface area contributed by atoms with Gasteiger partial charge in [-0.1, -0.05) is 0 Å². The van der Waals surface area contributed by atoms with Crippen LogP contribution in [0.15, 0.2) is 22.8 Å². The fourth-order valence-electron chi connectivity index (χ4n) is 3.11. The van der Waals surface area contributed by atoms with Crippen LogP contribution in [0.4, 0.5) is 0 Å². The quantitative estimate of drug-likeness (QED) is 0.788. The Kier molecular flexibility index (Phi) is 5.50. The van der Waals surface area contributed by atoms with Crippen LogP contribution in [0.25, 0.3) is 0 Å². The summed E-state index contributed by atoms with van der Waals surface area (Å²) in [5.41, 5.74) is 0. The number of furan rings is 1. The third kappa shape index (κ3) is 4.46. The Bertz CT molecular complexity index is 696. The highest BCUT2D eigenvalue weighted by atomic mass is 16.3. The summed E-state index contributed by atoms with van der Waals surface area (Å²) in [6, 6.07) is 4.10. The molecule has 8 nitrogen and oxygen atoms in total. The molecule has 2 aromatic rings. The summed E-state index contributed by atoms with van der Waals surface area (Å²) in [4.78, 5) is 16.6. The number of aromatic nitrogens is 3. The molecule has 1 aliphatic rings. The molecule has 0 saturated carbocycles. The predicted octanol–water partition coefficient (Wildman–Crippen LogP) is 0.539. The molecular weight excluding hydrogens is 320 g/mol. The van der Waals surface area contributed by atoms with E-state index in [1.54, 1.807) is 6.26 Å². The van der Waals surface area contributed by atoms with E-state index in [2.05, 4.69) is 32.4 Å². The molecule has 2 aromatic heterocycles. The van der Waals surface area contributed by atoms with Crippen LogP contribution in [0.5, 0.6) is 0 Å². The largest absolute Gasteiger partial charge is 0.467 e. The Balaban J connectivity index is 1.43. The van der Waals surface area contributed by atoms with Crippen molar-refractivity contribution in [1.82, 2.24) is 29.9 Å². The summed E-state index contributed by atoms with van der Waals surface area (Å²) in [6.07, 6.45) is 2.67. The molecule has 1 atom stereocenters. The van der Waals surface area contributed by atoms with E-state index in [0.717, 1.165) is 43.5 Å². The van der Waals surface area contributed by atoms with E-state index in [1.165, 1.54) is 0 Å². The number of rotatable bonds is 7. The van der Waals surface area contributed by atoms with Crippen LogP contribution in [0.3, 0.4) is 0 Å². The average molecular weight is 346 g/mol. The zero-order valence-corrected chi connectivity index (χ0v) is 15.1. The highest BCUT2D eigenvalue weighted by Crippen LogP contribution is 2.16. The lowest BCUT2D eigenvalue weighted by molar-refractivity contribution is -0.122. The third-order valence-electron chi connectivity index (χ3n) is 4.85. The molecule has 0 unspecified atom stereocenters. The van der Waals surface area contributed by atoms with E-state index in [4.69, 9.17) is 4.42 Å². The standard InChI is InChI=1S/C17H26N6O2/c1-13-19-20-16(22(13)3)11-21(2)14-6-7-23(10-14)12-17(24)18-9-15-5-4-8-25-15/h4-5,8,14H,6-7,9-12H2,1-3H3,(H,18,24)/t14-/m1/s1. The molecule has 1 aliphatic heterocycles.